The maximum absolute atomic E-state index is 8.86. The van der Waals surface area contributed by atoms with E-state index in [4.69, 9.17) is 10.00 Å². The number of pyridine rings is 1. The summed E-state index contributed by atoms with van der Waals surface area (Å²) < 4.78 is 5.32. The van der Waals surface area contributed by atoms with Gasteiger partial charge in [-0.25, -0.2) is 4.98 Å². The molecule has 0 aliphatic heterocycles. The lowest BCUT2D eigenvalue weighted by atomic mass is 10.2. The average molecular weight is 239 g/mol. The largest absolute Gasteiger partial charge is 0.495 e. The molecule has 0 radical (unpaired) electrons. The fourth-order valence-corrected chi connectivity index (χ4v) is 1.74. The Morgan fingerprint density at radius 2 is 2.06 bits per heavy atom. The minimum Gasteiger partial charge on any atom is -0.495 e. The van der Waals surface area contributed by atoms with E-state index in [0.29, 0.717) is 5.69 Å². The van der Waals surface area contributed by atoms with E-state index >= 15 is 0 Å². The molecular formula is C14H13N3O. The van der Waals surface area contributed by atoms with Crippen molar-refractivity contribution >= 4 is 11.4 Å². The SMILES string of the molecule is COc1ccccc1N(C)c1ccnc(C#N)c1. The lowest BCUT2D eigenvalue weighted by Gasteiger charge is -2.21. The minimum atomic E-state index is 0.397. The van der Waals surface area contributed by atoms with Gasteiger partial charge in [-0.15, -0.1) is 0 Å². The molecule has 90 valence electrons. The molecule has 2 aromatic rings. The molecule has 18 heavy (non-hydrogen) atoms. The first-order chi connectivity index (χ1) is 8.76. The van der Waals surface area contributed by atoms with E-state index in [2.05, 4.69) is 4.98 Å². The Bertz CT molecular complexity index is 590. The molecule has 0 fully saturated rings. The summed E-state index contributed by atoms with van der Waals surface area (Å²) in [5.74, 6) is 0.787. The molecule has 4 heteroatoms. The highest BCUT2D eigenvalue weighted by molar-refractivity contribution is 5.68. The number of hydrogen-bond donors (Lipinski definition) is 0. The summed E-state index contributed by atoms with van der Waals surface area (Å²) in [5, 5.41) is 8.86. The van der Waals surface area contributed by atoms with E-state index in [0.717, 1.165) is 17.1 Å². The van der Waals surface area contributed by atoms with Crippen molar-refractivity contribution in [2.45, 2.75) is 0 Å². The molecule has 0 saturated heterocycles. The van der Waals surface area contributed by atoms with Gasteiger partial charge in [0.15, 0.2) is 0 Å². The molecule has 2 rings (SSSR count). The second-order valence-corrected chi connectivity index (χ2v) is 3.74. The second kappa shape index (κ2) is 5.19. The lowest BCUT2D eigenvalue weighted by Crippen LogP contribution is -2.11. The van der Waals surface area contributed by atoms with E-state index < -0.39 is 0 Å². The molecule has 0 spiro atoms. The van der Waals surface area contributed by atoms with Gasteiger partial charge >= 0.3 is 0 Å². The third kappa shape index (κ3) is 2.25. The predicted octanol–water partition coefficient (Wildman–Crippen LogP) is 2.73. The molecule has 0 aliphatic carbocycles. The zero-order valence-corrected chi connectivity index (χ0v) is 10.3. The van der Waals surface area contributed by atoms with E-state index in [1.54, 1.807) is 19.4 Å². The number of para-hydroxylation sites is 2. The monoisotopic (exact) mass is 239 g/mol. The van der Waals surface area contributed by atoms with Gasteiger partial charge < -0.3 is 9.64 Å². The highest BCUT2D eigenvalue weighted by Crippen LogP contribution is 2.31. The standard InChI is InChI=1S/C14H13N3O/c1-17(12-7-8-16-11(9-12)10-15)13-5-3-4-6-14(13)18-2/h3-9H,1-2H3. The van der Waals surface area contributed by atoms with Crippen LogP contribution in [0.25, 0.3) is 0 Å². The zero-order valence-electron chi connectivity index (χ0n) is 10.3. The Morgan fingerprint density at radius 3 is 2.78 bits per heavy atom. The second-order valence-electron chi connectivity index (χ2n) is 3.74. The van der Waals surface area contributed by atoms with Gasteiger partial charge in [0.1, 0.15) is 17.5 Å². The van der Waals surface area contributed by atoms with Crippen molar-refractivity contribution in [3.8, 4) is 11.8 Å². The van der Waals surface area contributed by atoms with Crippen LogP contribution < -0.4 is 9.64 Å². The molecule has 0 N–H and O–H groups in total. The maximum Gasteiger partial charge on any atom is 0.142 e. The molecule has 0 aliphatic rings. The van der Waals surface area contributed by atoms with Gasteiger partial charge in [-0.2, -0.15) is 5.26 Å². The first kappa shape index (κ1) is 11.9. The van der Waals surface area contributed by atoms with E-state index in [1.807, 2.05) is 48.3 Å². The molecule has 0 saturated carbocycles. The Labute approximate surface area is 106 Å². The molecule has 0 bridgehead atoms. The molecule has 1 aromatic heterocycles. The zero-order chi connectivity index (χ0) is 13.0. The number of hydrogen-bond acceptors (Lipinski definition) is 4. The maximum atomic E-state index is 8.86. The summed E-state index contributed by atoms with van der Waals surface area (Å²) in [5.41, 5.74) is 2.23. The van der Waals surface area contributed by atoms with Crippen molar-refractivity contribution in [2.24, 2.45) is 0 Å². The number of nitriles is 1. The summed E-state index contributed by atoms with van der Waals surface area (Å²) in [4.78, 5) is 5.92. The van der Waals surface area contributed by atoms with Crippen LogP contribution in [0.15, 0.2) is 42.6 Å². The molecule has 1 aromatic carbocycles. The molecule has 0 amide bonds. The van der Waals surface area contributed by atoms with Gasteiger partial charge in [0, 0.05) is 18.9 Å². The Kier molecular flexibility index (Phi) is 3.44. The van der Waals surface area contributed by atoms with Gasteiger partial charge in [0.2, 0.25) is 0 Å². The molecule has 0 unspecified atom stereocenters. The van der Waals surface area contributed by atoms with Gasteiger partial charge in [-0.05, 0) is 24.3 Å². The van der Waals surface area contributed by atoms with Crippen LogP contribution in [-0.4, -0.2) is 19.1 Å². The average Bonchev–Trinajstić information content (AvgIpc) is 2.46. The first-order valence-electron chi connectivity index (χ1n) is 5.49. The van der Waals surface area contributed by atoms with Crippen LogP contribution in [0.5, 0.6) is 5.75 Å². The van der Waals surface area contributed by atoms with Gasteiger partial charge in [-0.3, -0.25) is 0 Å². The molecule has 0 atom stereocenters. The number of benzene rings is 1. The van der Waals surface area contributed by atoms with E-state index in [-0.39, 0.29) is 0 Å². The number of aromatic nitrogens is 1. The Morgan fingerprint density at radius 1 is 1.28 bits per heavy atom. The van der Waals surface area contributed by atoms with Crippen LogP contribution in [0.4, 0.5) is 11.4 Å². The van der Waals surface area contributed by atoms with Crippen molar-refractivity contribution in [2.75, 3.05) is 19.1 Å². The summed E-state index contributed by atoms with van der Waals surface area (Å²) in [6.45, 7) is 0. The van der Waals surface area contributed by atoms with Crippen LogP contribution in [0.2, 0.25) is 0 Å². The molecular weight excluding hydrogens is 226 g/mol. The number of anilines is 2. The number of methoxy groups -OCH3 is 1. The quantitative estimate of drug-likeness (QED) is 0.826. The highest BCUT2D eigenvalue weighted by Gasteiger charge is 2.09. The summed E-state index contributed by atoms with van der Waals surface area (Å²) in [7, 11) is 3.56. The Balaban J connectivity index is 2.41. The van der Waals surface area contributed by atoms with Crippen molar-refractivity contribution in [3.05, 3.63) is 48.3 Å². The van der Waals surface area contributed by atoms with Crippen LogP contribution in [0.1, 0.15) is 5.69 Å². The number of ether oxygens (including phenoxy) is 1. The van der Waals surface area contributed by atoms with Crippen molar-refractivity contribution < 1.29 is 4.74 Å². The fraction of sp³-hybridized carbons (Fsp3) is 0.143. The van der Waals surface area contributed by atoms with Crippen molar-refractivity contribution in [1.29, 1.82) is 5.26 Å². The third-order valence-corrected chi connectivity index (χ3v) is 2.69. The normalized spacial score (nSPS) is 9.61. The van der Waals surface area contributed by atoms with Crippen LogP contribution in [-0.2, 0) is 0 Å². The predicted molar refractivity (Wildman–Crippen MR) is 70.0 cm³/mol. The van der Waals surface area contributed by atoms with E-state index in [9.17, 15) is 0 Å². The highest BCUT2D eigenvalue weighted by atomic mass is 16.5. The minimum absolute atomic E-state index is 0.397. The van der Waals surface area contributed by atoms with Crippen LogP contribution in [0.3, 0.4) is 0 Å². The van der Waals surface area contributed by atoms with Gasteiger partial charge in [0.25, 0.3) is 0 Å². The lowest BCUT2D eigenvalue weighted by molar-refractivity contribution is 0.415. The molecule has 1 heterocycles. The number of rotatable bonds is 3. The van der Waals surface area contributed by atoms with Crippen molar-refractivity contribution in [3.63, 3.8) is 0 Å². The summed E-state index contributed by atoms with van der Waals surface area (Å²) in [6, 6.07) is 13.4. The first-order valence-corrected chi connectivity index (χ1v) is 5.49. The van der Waals surface area contributed by atoms with Gasteiger partial charge in [0.05, 0.1) is 12.8 Å². The smallest absolute Gasteiger partial charge is 0.142 e. The van der Waals surface area contributed by atoms with E-state index in [1.165, 1.54) is 0 Å². The topological polar surface area (TPSA) is 49.1 Å². The summed E-state index contributed by atoms with van der Waals surface area (Å²) >= 11 is 0. The molecule has 4 nitrogen and oxygen atoms in total. The van der Waals surface area contributed by atoms with Crippen LogP contribution >= 0.6 is 0 Å². The summed E-state index contributed by atoms with van der Waals surface area (Å²) in [6.07, 6.45) is 1.62. The Hall–Kier alpha value is -2.54. The third-order valence-electron chi connectivity index (χ3n) is 2.69. The fourth-order valence-electron chi connectivity index (χ4n) is 1.74. The van der Waals surface area contributed by atoms with Gasteiger partial charge in [-0.1, -0.05) is 12.1 Å². The van der Waals surface area contributed by atoms with Crippen LogP contribution in [0, 0.1) is 11.3 Å². The van der Waals surface area contributed by atoms with Crippen molar-refractivity contribution in [1.82, 2.24) is 4.98 Å². The number of nitrogens with zero attached hydrogens (tertiary/aromatic N) is 3.